The molecule has 2 aromatic heterocycles. The van der Waals surface area contributed by atoms with Crippen LogP contribution in [0.15, 0.2) is 24.5 Å². The van der Waals surface area contributed by atoms with Crippen LogP contribution in [0, 0.1) is 0 Å². The topological polar surface area (TPSA) is 69.4 Å². The molecule has 3 N–H and O–H groups in total. The summed E-state index contributed by atoms with van der Waals surface area (Å²) in [5.41, 5.74) is 4.06. The summed E-state index contributed by atoms with van der Waals surface area (Å²) in [7, 11) is 0. The number of benzene rings is 1. The minimum Gasteiger partial charge on any atom is -0.347 e. The van der Waals surface area contributed by atoms with Crippen LogP contribution in [-0.2, 0) is 13.0 Å². The first-order valence-corrected chi connectivity index (χ1v) is 6.57. The van der Waals surface area contributed by atoms with Crippen molar-refractivity contribution < 1.29 is 0 Å². The number of nitrogens with zero attached hydrogens (tertiary/aromatic N) is 2. The van der Waals surface area contributed by atoms with Crippen LogP contribution in [0.2, 0.25) is 5.02 Å². The summed E-state index contributed by atoms with van der Waals surface area (Å²) < 4.78 is 0. The molecule has 3 aromatic rings. The van der Waals surface area contributed by atoms with Crippen molar-refractivity contribution in [1.82, 2.24) is 25.3 Å². The van der Waals surface area contributed by atoms with Crippen molar-refractivity contribution in [2.75, 3.05) is 0 Å². The van der Waals surface area contributed by atoms with Crippen molar-refractivity contribution in [3.8, 4) is 0 Å². The third-order valence-electron chi connectivity index (χ3n) is 3.54. The second kappa shape index (κ2) is 4.08. The molecule has 0 spiro atoms. The van der Waals surface area contributed by atoms with Gasteiger partial charge in [0.05, 0.1) is 34.3 Å². The van der Waals surface area contributed by atoms with Gasteiger partial charge in [-0.25, -0.2) is 9.97 Å². The van der Waals surface area contributed by atoms with Gasteiger partial charge in [-0.1, -0.05) is 17.7 Å². The molecule has 3 heterocycles. The molecule has 1 atom stereocenters. The Kier molecular flexibility index (Phi) is 2.36. The van der Waals surface area contributed by atoms with Crippen molar-refractivity contribution >= 4 is 22.6 Å². The predicted octanol–water partition coefficient (Wildman–Crippen LogP) is 2.33. The fourth-order valence-corrected chi connectivity index (χ4v) is 2.76. The van der Waals surface area contributed by atoms with Crippen molar-refractivity contribution in [1.29, 1.82) is 0 Å². The van der Waals surface area contributed by atoms with E-state index in [-0.39, 0.29) is 6.04 Å². The highest BCUT2D eigenvalue weighted by Gasteiger charge is 2.23. The number of imidazole rings is 2. The number of H-pyrrole nitrogens is 2. The van der Waals surface area contributed by atoms with Gasteiger partial charge >= 0.3 is 0 Å². The number of fused-ring (bicyclic) bond motifs is 2. The number of rotatable bonds is 1. The third-order valence-corrected chi connectivity index (χ3v) is 3.85. The number of aromatic amines is 2. The van der Waals surface area contributed by atoms with E-state index in [1.165, 1.54) is 0 Å². The molecule has 6 heteroatoms. The van der Waals surface area contributed by atoms with Crippen molar-refractivity contribution in [3.05, 3.63) is 46.8 Å². The highest BCUT2D eigenvalue weighted by molar-refractivity contribution is 6.34. The van der Waals surface area contributed by atoms with E-state index in [0.717, 1.165) is 41.2 Å². The van der Waals surface area contributed by atoms with E-state index >= 15 is 0 Å². The first kappa shape index (κ1) is 11.0. The molecule has 0 fully saturated rings. The summed E-state index contributed by atoms with van der Waals surface area (Å²) in [5, 5.41) is 4.13. The maximum atomic E-state index is 6.15. The second-order valence-electron chi connectivity index (χ2n) is 4.72. The molecule has 96 valence electrons. The monoisotopic (exact) mass is 273 g/mol. The Morgan fingerprint density at radius 3 is 3.16 bits per heavy atom. The molecule has 0 radical (unpaired) electrons. The summed E-state index contributed by atoms with van der Waals surface area (Å²) in [6.45, 7) is 0.783. The highest BCUT2D eigenvalue weighted by atomic mass is 35.5. The molecule has 1 aliphatic heterocycles. The molecule has 0 bridgehead atoms. The van der Waals surface area contributed by atoms with Crippen LogP contribution in [0.5, 0.6) is 0 Å². The van der Waals surface area contributed by atoms with Gasteiger partial charge in [-0.05, 0) is 12.1 Å². The summed E-state index contributed by atoms with van der Waals surface area (Å²) >= 11 is 6.15. The minimum atomic E-state index is 0.152. The first-order valence-electron chi connectivity index (χ1n) is 6.20. The average Bonchev–Trinajstić information content (AvgIpc) is 3.04. The van der Waals surface area contributed by atoms with Gasteiger partial charge in [-0.15, -0.1) is 0 Å². The Bertz CT molecular complexity index is 744. The quantitative estimate of drug-likeness (QED) is 0.637. The fraction of sp³-hybridized carbons (Fsp3) is 0.231. The van der Waals surface area contributed by atoms with Crippen LogP contribution in [0.1, 0.15) is 23.3 Å². The van der Waals surface area contributed by atoms with Crippen LogP contribution >= 0.6 is 11.6 Å². The van der Waals surface area contributed by atoms with Gasteiger partial charge in [-0.2, -0.15) is 0 Å². The maximum Gasteiger partial charge on any atom is 0.124 e. The van der Waals surface area contributed by atoms with Crippen molar-refractivity contribution in [2.24, 2.45) is 0 Å². The van der Waals surface area contributed by atoms with Crippen LogP contribution in [0.3, 0.4) is 0 Å². The van der Waals surface area contributed by atoms with Gasteiger partial charge in [-0.3, -0.25) is 0 Å². The van der Waals surface area contributed by atoms with Crippen molar-refractivity contribution in [3.63, 3.8) is 0 Å². The standard InChI is InChI=1S/C13H12ClN5/c14-7-2-1-3-8-12(7)19-13(18-8)10-4-9-11(5-15-10)17-6-16-9/h1-3,6,10,15H,4-5H2,(H,16,17)(H,18,19). The van der Waals surface area contributed by atoms with E-state index < -0.39 is 0 Å². The first-order chi connectivity index (χ1) is 9.31. The molecule has 5 nitrogen and oxygen atoms in total. The van der Waals surface area contributed by atoms with Crippen LogP contribution in [-0.4, -0.2) is 19.9 Å². The van der Waals surface area contributed by atoms with Crippen LogP contribution in [0.25, 0.3) is 11.0 Å². The fourth-order valence-electron chi connectivity index (χ4n) is 2.54. The molecule has 4 rings (SSSR count). The van der Waals surface area contributed by atoms with Crippen LogP contribution < -0.4 is 5.32 Å². The number of para-hydroxylation sites is 1. The van der Waals surface area contributed by atoms with Crippen molar-refractivity contribution in [2.45, 2.75) is 19.0 Å². The Labute approximate surface area is 114 Å². The Morgan fingerprint density at radius 2 is 2.26 bits per heavy atom. The molecule has 0 saturated carbocycles. The van der Waals surface area contributed by atoms with E-state index in [9.17, 15) is 0 Å². The average molecular weight is 274 g/mol. The third kappa shape index (κ3) is 1.74. The number of halogens is 1. The van der Waals surface area contributed by atoms with Gasteiger partial charge in [0.25, 0.3) is 0 Å². The number of nitrogens with one attached hydrogen (secondary N) is 3. The largest absolute Gasteiger partial charge is 0.347 e. The lowest BCUT2D eigenvalue weighted by molar-refractivity contribution is 0.472. The zero-order valence-corrected chi connectivity index (χ0v) is 10.8. The lowest BCUT2D eigenvalue weighted by Gasteiger charge is -2.20. The molecule has 0 saturated heterocycles. The van der Waals surface area contributed by atoms with E-state index in [1.54, 1.807) is 6.33 Å². The van der Waals surface area contributed by atoms with Gasteiger partial charge in [0, 0.05) is 13.0 Å². The van der Waals surface area contributed by atoms with E-state index in [4.69, 9.17) is 11.6 Å². The Balaban J connectivity index is 1.74. The van der Waals surface area contributed by atoms with Gasteiger partial charge in [0.15, 0.2) is 0 Å². The molecule has 1 aromatic carbocycles. The predicted molar refractivity (Wildman–Crippen MR) is 73.0 cm³/mol. The minimum absolute atomic E-state index is 0.152. The summed E-state index contributed by atoms with van der Waals surface area (Å²) in [5.74, 6) is 0.914. The van der Waals surface area contributed by atoms with E-state index in [2.05, 4.69) is 25.3 Å². The zero-order valence-electron chi connectivity index (χ0n) is 10.1. The summed E-state index contributed by atoms with van der Waals surface area (Å²) in [6, 6.07) is 5.92. The number of hydrogen-bond acceptors (Lipinski definition) is 3. The smallest absolute Gasteiger partial charge is 0.124 e. The van der Waals surface area contributed by atoms with Gasteiger partial charge < -0.3 is 15.3 Å². The van der Waals surface area contributed by atoms with Crippen LogP contribution in [0.4, 0.5) is 0 Å². The summed E-state index contributed by atoms with van der Waals surface area (Å²) in [6.07, 6.45) is 2.57. The maximum absolute atomic E-state index is 6.15. The Morgan fingerprint density at radius 1 is 1.32 bits per heavy atom. The van der Waals surface area contributed by atoms with Gasteiger partial charge in [0.1, 0.15) is 11.3 Å². The molecular formula is C13H12ClN5. The SMILES string of the molecule is Clc1cccc2[nH]c(C3Cc4nc[nH]c4CN3)nc12. The second-order valence-corrected chi connectivity index (χ2v) is 5.13. The van der Waals surface area contributed by atoms with E-state index in [0.29, 0.717) is 5.02 Å². The summed E-state index contributed by atoms with van der Waals surface area (Å²) in [4.78, 5) is 15.4. The lowest BCUT2D eigenvalue weighted by atomic mass is 10.1. The molecular weight excluding hydrogens is 262 g/mol. The molecule has 0 aliphatic carbocycles. The molecule has 1 aliphatic rings. The van der Waals surface area contributed by atoms with Gasteiger partial charge in [0.2, 0.25) is 0 Å². The van der Waals surface area contributed by atoms with E-state index in [1.807, 2.05) is 18.2 Å². The Hall–Kier alpha value is -1.85. The lowest BCUT2D eigenvalue weighted by Crippen LogP contribution is -2.29. The molecule has 19 heavy (non-hydrogen) atoms. The number of hydrogen-bond donors (Lipinski definition) is 3. The highest BCUT2D eigenvalue weighted by Crippen LogP contribution is 2.26. The normalized spacial score (nSPS) is 18.7. The zero-order chi connectivity index (χ0) is 12.8. The number of aromatic nitrogens is 4. The molecule has 0 amide bonds. The molecule has 1 unspecified atom stereocenters.